The van der Waals surface area contributed by atoms with Crippen molar-refractivity contribution in [1.29, 1.82) is 0 Å². The number of nitrogens with two attached hydrogens (primary N) is 1. The van der Waals surface area contributed by atoms with Gasteiger partial charge in [0, 0.05) is 34.1 Å². The van der Waals surface area contributed by atoms with Gasteiger partial charge in [0.05, 0.1) is 0 Å². The molecule has 3 nitrogen and oxygen atoms in total. The summed E-state index contributed by atoms with van der Waals surface area (Å²) >= 11 is 7.11. The number of rotatable bonds is 4. The molecule has 2 atom stereocenters. The van der Waals surface area contributed by atoms with Crippen LogP contribution in [0, 0.1) is 0 Å². The minimum absolute atomic E-state index is 0.308. The molecule has 0 aromatic heterocycles. The normalized spacial score (nSPS) is 22.2. The quantitative estimate of drug-likeness (QED) is 0.835. The largest absolute Gasteiger partial charge is 0.329 e. The van der Waals surface area contributed by atoms with E-state index < -0.39 is 0 Å². The predicted molar refractivity (Wildman–Crippen MR) is 91.9 cm³/mol. The Kier molecular flexibility index (Phi) is 6.05. The fourth-order valence-electron chi connectivity index (χ4n) is 2.90. The highest BCUT2D eigenvalue weighted by Crippen LogP contribution is 2.30. The molecule has 1 aliphatic heterocycles. The first-order chi connectivity index (χ1) is 9.52. The van der Waals surface area contributed by atoms with Crippen LogP contribution in [0.25, 0.3) is 0 Å². The number of benzene rings is 1. The molecule has 0 bridgehead atoms. The van der Waals surface area contributed by atoms with E-state index in [1.165, 1.54) is 18.4 Å². The van der Waals surface area contributed by atoms with Crippen LogP contribution >= 0.6 is 31.9 Å². The van der Waals surface area contributed by atoms with Gasteiger partial charge in [-0.3, -0.25) is 4.90 Å². The molecule has 1 aliphatic rings. The monoisotopic (exact) mass is 403 g/mol. The van der Waals surface area contributed by atoms with Gasteiger partial charge in [0.15, 0.2) is 0 Å². The first kappa shape index (κ1) is 16.4. The molecule has 2 unspecified atom stereocenters. The summed E-state index contributed by atoms with van der Waals surface area (Å²) in [7, 11) is 4.34. The zero-order valence-corrected chi connectivity index (χ0v) is 15.3. The Bertz CT molecular complexity index is 451. The number of hydrogen-bond donors (Lipinski definition) is 1. The summed E-state index contributed by atoms with van der Waals surface area (Å²) in [5.74, 6) is 0. The number of halogens is 2. The van der Waals surface area contributed by atoms with Gasteiger partial charge < -0.3 is 10.6 Å². The van der Waals surface area contributed by atoms with Crippen LogP contribution in [0.1, 0.15) is 24.4 Å². The lowest BCUT2D eigenvalue weighted by Crippen LogP contribution is -2.47. The van der Waals surface area contributed by atoms with Gasteiger partial charge in [-0.25, -0.2) is 0 Å². The van der Waals surface area contributed by atoms with Gasteiger partial charge >= 0.3 is 0 Å². The van der Waals surface area contributed by atoms with Gasteiger partial charge in [0.25, 0.3) is 0 Å². The molecule has 1 aromatic carbocycles. The highest BCUT2D eigenvalue weighted by molar-refractivity contribution is 9.13. The van der Waals surface area contributed by atoms with E-state index in [1.54, 1.807) is 0 Å². The molecule has 2 rings (SSSR count). The van der Waals surface area contributed by atoms with Crippen molar-refractivity contribution in [2.45, 2.75) is 24.9 Å². The van der Waals surface area contributed by atoms with E-state index in [-0.39, 0.29) is 0 Å². The molecule has 0 spiro atoms. The molecular formula is C15H23Br2N3. The Morgan fingerprint density at radius 3 is 2.70 bits per heavy atom. The van der Waals surface area contributed by atoms with Gasteiger partial charge in [-0.1, -0.05) is 6.07 Å². The third kappa shape index (κ3) is 3.83. The zero-order valence-electron chi connectivity index (χ0n) is 12.1. The zero-order chi connectivity index (χ0) is 14.7. The van der Waals surface area contributed by atoms with Crippen LogP contribution in [0.3, 0.4) is 0 Å². The van der Waals surface area contributed by atoms with Crippen LogP contribution in [0.4, 0.5) is 0 Å². The van der Waals surface area contributed by atoms with Crippen molar-refractivity contribution in [3.63, 3.8) is 0 Å². The van der Waals surface area contributed by atoms with Gasteiger partial charge in [-0.15, -0.1) is 0 Å². The molecule has 112 valence electrons. The smallest absolute Gasteiger partial charge is 0.0471 e. The Hall–Kier alpha value is 0.0600. The average molecular weight is 405 g/mol. The third-order valence-electron chi connectivity index (χ3n) is 4.15. The van der Waals surface area contributed by atoms with Crippen molar-refractivity contribution in [1.82, 2.24) is 9.80 Å². The number of likely N-dealkylation sites (tertiary alicyclic amines) is 1. The van der Waals surface area contributed by atoms with Gasteiger partial charge in [-0.2, -0.15) is 0 Å². The molecule has 0 aliphatic carbocycles. The third-order valence-corrected chi connectivity index (χ3v) is 6.03. The molecule has 1 fully saturated rings. The fourth-order valence-corrected chi connectivity index (χ4v) is 3.55. The molecule has 1 aromatic rings. The van der Waals surface area contributed by atoms with Crippen molar-refractivity contribution >= 4 is 31.9 Å². The van der Waals surface area contributed by atoms with Crippen molar-refractivity contribution in [3.05, 3.63) is 32.7 Å². The Balaban J connectivity index is 2.16. The Labute approximate surface area is 138 Å². The van der Waals surface area contributed by atoms with E-state index in [0.717, 1.165) is 22.0 Å². The van der Waals surface area contributed by atoms with Crippen LogP contribution in [-0.4, -0.2) is 49.6 Å². The van der Waals surface area contributed by atoms with Crippen molar-refractivity contribution < 1.29 is 0 Å². The maximum atomic E-state index is 6.06. The highest BCUT2D eigenvalue weighted by atomic mass is 79.9. The summed E-state index contributed by atoms with van der Waals surface area (Å²) in [6, 6.07) is 7.39. The highest BCUT2D eigenvalue weighted by Gasteiger charge is 2.27. The standard InChI is InChI=1S/C15H23Br2N3/c1-19(2)12-4-3-7-20(10-12)15(9-18)11-5-6-13(16)14(17)8-11/h5-6,8,12,15H,3-4,7,9-10,18H2,1-2H3. The second-order valence-corrected chi connectivity index (χ2v) is 7.39. The van der Waals surface area contributed by atoms with E-state index in [1.807, 2.05) is 0 Å². The molecule has 5 heteroatoms. The Morgan fingerprint density at radius 2 is 2.10 bits per heavy atom. The average Bonchev–Trinajstić information content (AvgIpc) is 2.44. The summed E-state index contributed by atoms with van der Waals surface area (Å²) in [4.78, 5) is 4.86. The maximum absolute atomic E-state index is 6.06. The lowest BCUT2D eigenvalue weighted by Gasteiger charge is -2.40. The second kappa shape index (κ2) is 7.36. The minimum atomic E-state index is 0.308. The van der Waals surface area contributed by atoms with Crippen molar-refractivity contribution in [3.8, 4) is 0 Å². The van der Waals surface area contributed by atoms with Crippen LogP contribution in [0.2, 0.25) is 0 Å². The van der Waals surface area contributed by atoms with Crippen LogP contribution < -0.4 is 5.73 Å². The van der Waals surface area contributed by atoms with E-state index in [9.17, 15) is 0 Å². The van der Waals surface area contributed by atoms with Crippen LogP contribution in [0.5, 0.6) is 0 Å². The lowest BCUT2D eigenvalue weighted by molar-refractivity contribution is 0.0984. The van der Waals surface area contributed by atoms with Gasteiger partial charge in [-0.05, 0) is 83.0 Å². The van der Waals surface area contributed by atoms with E-state index in [2.05, 4.69) is 74.0 Å². The summed E-state index contributed by atoms with van der Waals surface area (Å²) in [5, 5.41) is 0. The summed E-state index contributed by atoms with van der Waals surface area (Å²) < 4.78 is 2.18. The van der Waals surface area contributed by atoms with E-state index in [0.29, 0.717) is 18.6 Å². The van der Waals surface area contributed by atoms with Crippen molar-refractivity contribution in [2.75, 3.05) is 33.7 Å². The molecule has 0 radical (unpaired) electrons. The van der Waals surface area contributed by atoms with Gasteiger partial charge in [0.1, 0.15) is 0 Å². The number of piperidine rings is 1. The topological polar surface area (TPSA) is 32.5 Å². The molecule has 2 N–H and O–H groups in total. The van der Waals surface area contributed by atoms with Crippen LogP contribution in [-0.2, 0) is 0 Å². The SMILES string of the molecule is CN(C)C1CCCN(C(CN)c2ccc(Br)c(Br)c2)C1. The number of hydrogen-bond acceptors (Lipinski definition) is 3. The molecule has 1 saturated heterocycles. The van der Waals surface area contributed by atoms with E-state index >= 15 is 0 Å². The number of likely N-dealkylation sites (N-methyl/N-ethyl adjacent to an activating group) is 1. The molecule has 1 heterocycles. The summed E-state index contributed by atoms with van der Waals surface area (Å²) in [6.07, 6.45) is 2.53. The second-order valence-electron chi connectivity index (χ2n) is 5.68. The fraction of sp³-hybridized carbons (Fsp3) is 0.600. The molecule has 0 saturated carbocycles. The molecule has 20 heavy (non-hydrogen) atoms. The van der Waals surface area contributed by atoms with Crippen molar-refractivity contribution in [2.24, 2.45) is 5.73 Å². The minimum Gasteiger partial charge on any atom is -0.329 e. The summed E-state index contributed by atoms with van der Waals surface area (Å²) in [6.45, 7) is 2.90. The Morgan fingerprint density at radius 1 is 1.35 bits per heavy atom. The lowest BCUT2D eigenvalue weighted by atomic mass is 9.99. The summed E-state index contributed by atoms with van der Waals surface area (Å²) in [5.41, 5.74) is 7.36. The maximum Gasteiger partial charge on any atom is 0.0471 e. The van der Waals surface area contributed by atoms with Crippen LogP contribution in [0.15, 0.2) is 27.1 Å². The molecule has 0 amide bonds. The predicted octanol–water partition coefficient (Wildman–Crippen LogP) is 3.24. The first-order valence-electron chi connectivity index (χ1n) is 7.08. The first-order valence-corrected chi connectivity index (χ1v) is 8.67. The number of nitrogens with zero attached hydrogens (tertiary/aromatic N) is 2. The molecular weight excluding hydrogens is 382 g/mol. The van der Waals surface area contributed by atoms with Gasteiger partial charge in [0.2, 0.25) is 0 Å². The van der Waals surface area contributed by atoms with E-state index in [4.69, 9.17) is 5.73 Å².